The topological polar surface area (TPSA) is 34.1 Å². The van der Waals surface area contributed by atoms with E-state index < -0.39 is 0 Å². The van der Waals surface area contributed by atoms with Crippen LogP contribution in [0.25, 0.3) is 6.08 Å². The fourth-order valence-corrected chi connectivity index (χ4v) is 4.72. The molecule has 1 saturated carbocycles. The number of rotatable bonds is 6. The van der Waals surface area contributed by atoms with E-state index >= 15 is 0 Å². The van der Waals surface area contributed by atoms with Gasteiger partial charge in [0.2, 0.25) is 0 Å². The molecule has 30 heavy (non-hydrogen) atoms. The number of nitrogens with zero attached hydrogens (tertiary/aromatic N) is 2. The van der Waals surface area contributed by atoms with Crippen molar-refractivity contribution in [1.29, 1.82) is 0 Å². The molecule has 2 aromatic rings. The fourth-order valence-electron chi connectivity index (χ4n) is 4.72. The Hall–Kier alpha value is -2.75. The second-order valence-electron chi connectivity index (χ2n) is 8.19. The maximum Gasteiger partial charge on any atom is 0.119 e. The molecule has 0 amide bonds. The molecule has 0 saturated heterocycles. The average Bonchev–Trinajstić information content (AvgIpc) is 3.09. The van der Waals surface area contributed by atoms with Gasteiger partial charge in [-0.15, -0.1) is 0 Å². The number of benzene rings is 2. The summed E-state index contributed by atoms with van der Waals surface area (Å²) in [7, 11) is 2.10. The van der Waals surface area contributed by atoms with E-state index in [9.17, 15) is 0 Å². The number of hydrazone groups is 1. The molecule has 2 aliphatic rings. The summed E-state index contributed by atoms with van der Waals surface area (Å²) in [5.41, 5.74) is 5.13. The van der Waals surface area contributed by atoms with Crippen molar-refractivity contribution in [2.24, 2.45) is 16.9 Å². The fraction of sp³-hybridized carbons (Fsp3) is 0.423. The minimum Gasteiger partial charge on any atom is -0.494 e. The smallest absolute Gasteiger partial charge is 0.119 e. The van der Waals surface area contributed by atoms with Crippen LogP contribution in [0.4, 0.5) is 0 Å². The standard InChI is InChI=1S/C26H32N2O2/c1-5-29-21-12-8-19(9-13-21)17-24-18(3)7-16-23-25(24)27-28(4)26(23)20-10-14-22(15-11-20)30-6-2/h8-15,17-18,23,26H,5-7,16H2,1-4H3/b24-17+/t18-,23+,26-/m1/s1. The Labute approximate surface area is 180 Å². The van der Waals surface area contributed by atoms with Crippen molar-refractivity contribution in [3.05, 3.63) is 65.2 Å². The van der Waals surface area contributed by atoms with Crippen LogP contribution < -0.4 is 9.47 Å². The first-order valence-corrected chi connectivity index (χ1v) is 11.1. The minimum absolute atomic E-state index is 0.284. The highest BCUT2D eigenvalue weighted by Crippen LogP contribution is 2.45. The van der Waals surface area contributed by atoms with E-state index in [-0.39, 0.29) is 6.04 Å². The van der Waals surface area contributed by atoms with E-state index in [2.05, 4.69) is 61.5 Å². The normalized spacial score (nSPS) is 24.5. The second-order valence-corrected chi connectivity index (χ2v) is 8.19. The van der Waals surface area contributed by atoms with Crippen LogP contribution in [-0.2, 0) is 0 Å². The van der Waals surface area contributed by atoms with E-state index in [1.165, 1.54) is 35.3 Å². The van der Waals surface area contributed by atoms with Crippen molar-refractivity contribution in [3.63, 3.8) is 0 Å². The lowest BCUT2D eigenvalue weighted by Gasteiger charge is -2.31. The molecule has 4 rings (SSSR count). The van der Waals surface area contributed by atoms with Gasteiger partial charge in [0.1, 0.15) is 11.5 Å². The molecule has 0 N–H and O–H groups in total. The molecule has 1 fully saturated rings. The Bertz CT molecular complexity index is 915. The van der Waals surface area contributed by atoms with E-state index in [4.69, 9.17) is 14.6 Å². The van der Waals surface area contributed by atoms with Crippen LogP contribution in [0.1, 0.15) is 50.8 Å². The Balaban J connectivity index is 1.60. The van der Waals surface area contributed by atoms with Gasteiger partial charge in [0.15, 0.2) is 0 Å². The average molecular weight is 405 g/mol. The second kappa shape index (κ2) is 8.95. The first-order chi connectivity index (χ1) is 14.6. The third-order valence-electron chi connectivity index (χ3n) is 6.18. The lowest BCUT2D eigenvalue weighted by molar-refractivity contribution is 0.238. The van der Waals surface area contributed by atoms with Gasteiger partial charge in [0.25, 0.3) is 0 Å². The van der Waals surface area contributed by atoms with Crippen LogP contribution in [0.2, 0.25) is 0 Å². The molecule has 1 heterocycles. The van der Waals surface area contributed by atoms with Crippen LogP contribution in [0.5, 0.6) is 11.5 Å². The van der Waals surface area contributed by atoms with Gasteiger partial charge >= 0.3 is 0 Å². The van der Waals surface area contributed by atoms with Crippen LogP contribution in [0.15, 0.2) is 59.2 Å². The van der Waals surface area contributed by atoms with Crippen LogP contribution in [0, 0.1) is 11.8 Å². The van der Waals surface area contributed by atoms with Crippen molar-refractivity contribution in [3.8, 4) is 11.5 Å². The lowest BCUT2D eigenvalue weighted by Crippen LogP contribution is -2.29. The molecule has 4 heteroatoms. The largest absolute Gasteiger partial charge is 0.494 e. The molecule has 3 atom stereocenters. The van der Waals surface area contributed by atoms with E-state index in [1.807, 2.05) is 26.0 Å². The molecule has 0 unspecified atom stereocenters. The molecule has 0 radical (unpaired) electrons. The molecular weight excluding hydrogens is 372 g/mol. The number of allylic oxidation sites excluding steroid dienone is 1. The van der Waals surface area contributed by atoms with Crippen LogP contribution >= 0.6 is 0 Å². The van der Waals surface area contributed by atoms with Gasteiger partial charge in [-0.05, 0) is 79.6 Å². The van der Waals surface area contributed by atoms with Crippen LogP contribution in [-0.4, -0.2) is 31.0 Å². The molecule has 158 valence electrons. The summed E-state index contributed by atoms with van der Waals surface area (Å²) in [6.45, 7) is 7.73. The molecule has 1 aliphatic heterocycles. The predicted octanol–water partition coefficient (Wildman–Crippen LogP) is 5.96. The molecule has 0 aromatic heterocycles. The summed E-state index contributed by atoms with van der Waals surface area (Å²) in [4.78, 5) is 0. The molecular formula is C26H32N2O2. The van der Waals surface area contributed by atoms with Gasteiger partial charge < -0.3 is 9.47 Å². The maximum absolute atomic E-state index is 5.62. The van der Waals surface area contributed by atoms with Gasteiger partial charge in [0, 0.05) is 13.0 Å². The lowest BCUT2D eigenvalue weighted by atomic mass is 9.73. The number of ether oxygens (including phenoxy) is 2. The molecule has 0 bridgehead atoms. The summed E-state index contributed by atoms with van der Waals surface area (Å²) in [5.74, 6) is 2.79. The van der Waals surface area contributed by atoms with Crippen LogP contribution in [0.3, 0.4) is 0 Å². The highest BCUT2D eigenvalue weighted by atomic mass is 16.5. The SMILES string of the molecule is CCOc1ccc(/C=C2/C3=NN(C)[C@H](c4ccc(OCC)cc4)[C@H]3CC[C@H]2C)cc1. The van der Waals surface area contributed by atoms with E-state index in [0.717, 1.165) is 11.5 Å². The first-order valence-electron chi connectivity index (χ1n) is 11.1. The number of fused-ring (bicyclic) bond motifs is 1. The Morgan fingerprint density at radius 3 is 2.13 bits per heavy atom. The van der Waals surface area contributed by atoms with E-state index in [0.29, 0.717) is 25.0 Å². The van der Waals surface area contributed by atoms with Gasteiger partial charge in [0.05, 0.1) is 25.0 Å². The summed E-state index contributed by atoms with van der Waals surface area (Å²) in [6, 6.07) is 17.2. The van der Waals surface area contributed by atoms with Gasteiger partial charge in [-0.1, -0.05) is 31.2 Å². The van der Waals surface area contributed by atoms with Crippen molar-refractivity contribution in [1.82, 2.24) is 5.01 Å². The molecule has 1 aliphatic carbocycles. The Kier molecular flexibility index (Phi) is 6.12. The zero-order valence-corrected chi connectivity index (χ0v) is 18.5. The summed E-state index contributed by atoms with van der Waals surface area (Å²) in [6.07, 6.45) is 4.68. The Morgan fingerprint density at radius 1 is 0.933 bits per heavy atom. The van der Waals surface area contributed by atoms with Gasteiger partial charge in [-0.2, -0.15) is 5.10 Å². The van der Waals surface area contributed by atoms with Crippen molar-refractivity contribution in [2.45, 2.75) is 39.7 Å². The third kappa shape index (κ3) is 4.09. The quantitative estimate of drug-likeness (QED) is 0.596. The summed E-state index contributed by atoms with van der Waals surface area (Å²) in [5, 5.41) is 7.18. The van der Waals surface area contributed by atoms with Crippen molar-refractivity contribution >= 4 is 11.8 Å². The van der Waals surface area contributed by atoms with Crippen molar-refractivity contribution < 1.29 is 9.47 Å². The highest BCUT2D eigenvalue weighted by Gasteiger charge is 2.41. The Morgan fingerprint density at radius 2 is 1.53 bits per heavy atom. The molecule has 0 spiro atoms. The zero-order valence-electron chi connectivity index (χ0n) is 18.5. The zero-order chi connectivity index (χ0) is 21.1. The minimum atomic E-state index is 0.284. The maximum atomic E-state index is 5.62. The third-order valence-corrected chi connectivity index (χ3v) is 6.18. The van der Waals surface area contributed by atoms with E-state index in [1.54, 1.807) is 0 Å². The molecule has 4 nitrogen and oxygen atoms in total. The monoisotopic (exact) mass is 404 g/mol. The van der Waals surface area contributed by atoms with Crippen molar-refractivity contribution in [2.75, 3.05) is 20.3 Å². The number of hydrogen-bond donors (Lipinski definition) is 0. The highest BCUT2D eigenvalue weighted by molar-refractivity contribution is 6.07. The summed E-state index contributed by atoms with van der Waals surface area (Å²) >= 11 is 0. The first kappa shape index (κ1) is 20.5. The van der Waals surface area contributed by atoms with Gasteiger partial charge in [-0.3, -0.25) is 5.01 Å². The molecule has 2 aromatic carbocycles. The number of hydrogen-bond acceptors (Lipinski definition) is 4. The van der Waals surface area contributed by atoms with Gasteiger partial charge in [-0.25, -0.2) is 0 Å². The predicted molar refractivity (Wildman–Crippen MR) is 123 cm³/mol. The summed E-state index contributed by atoms with van der Waals surface area (Å²) < 4.78 is 11.2.